The molecule has 17 heavy (non-hydrogen) atoms. The predicted molar refractivity (Wildman–Crippen MR) is 69.7 cm³/mol. The molecule has 1 heterocycles. The first kappa shape index (κ1) is 13.3. The highest BCUT2D eigenvalue weighted by molar-refractivity contribution is 5.76. The summed E-state index contributed by atoms with van der Waals surface area (Å²) in [5, 5.41) is 3.09. The van der Waals surface area contributed by atoms with Gasteiger partial charge in [-0.25, -0.2) is 4.98 Å². The molecule has 0 saturated heterocycles. The van der Waals surface area contributed by atoms with Crippen LogP contribution in [-0.4, -0.2) is 35.4 Å². The Balaban J connectivity index is 2.32. The largest absolute Gasteiger partial charge is 0.397 e. The number of nitrogens with one attached hydrogen (secondary N) is 1. The minimum atomic E-state index is 0.165. The number of rotatable bonds is 6. The van der Waals surface area contributed by atoms with Crippen LogP contribution in [0.2, 0.25) is 0 Å². The average Bonchev–Trinajstić information content (AvgIpc) is 2.33. The van der Waals surface area contributed by atoms with E-state index in [2.05, 4.69) is 10.3 Å². The van der Waals surface area contributed by atoms with Crippen molar-refractivity contribution in [3.05, 3.63) is 18.3 Å². The van der Waals surface area contributed by atoms with Crippen molar-refractivity contribution in [2.75, 3.05) is 30.7 Å². The Bertz CT molecular complexity index is 346. The van der Waals surface area contributed by atoms with Gasteiger partial charge in [0.15, 0.2) is 0 Å². The highest BCUT2D eigenvalue weighted by Gasteiger charge is 2.08. The van der Waals surface area contributed by atoms with Crippen molar-refractivity contribution in [3.63, 3.8) is 0 Å². The number of carbonyl (C=O) groups is 1. The van der Waals surface area contributed by atoms with E-state index in [1.165, 1.54) is 0 Å². The van der Waals surface area contributed by atoms with Crippen LogP contribution in [0, 0.1) is 0 Å². The molecule has 0 saturated carbocycles. The molecule has 3 N–H and O–H groups in total. The Kier molecular flexibility index (Phi) is 5.26. The Labute approximate surface area is 102 Å². The molecule has 94 valence electrons. The number of nitrogen functional groups attached to an aromatic ring is 1. The maximum absolute atomic E-state index is 11.7. The molecule has 1 amide bonds. The number of anilines is 2. The van der Waals surface area contributed by atoms with Crippen LogP contribution in [0.15, 0.2) is 18.3 Å². The van der Waals surface area contributed by atoms with Gasteiger partial charge in [0.1, 0.15) is 5.82 Å². The SMILES string of the molecule is CCN(CC)C(=O)CCNc1ccc(N)cn1. The summed E-state index contributed by atoms with van der Waals surface area (Å²) in [6.45, 7) is 6.07. The number of hydrogen-bond acceptors (Lipinski definition) is 4. The second kappa shape index (κ2) is 6.73. The minimum absolute atomic E-state index is 0.165. The fourth-order valence-electron chi connectivity index (χ4n) is 1.54. The summed E-state index contributed by atoms with van der Waals surface area (Å²) in [5.74, 6) is 0.907. The zero-order chi connectivity index (χ0) is 12.7. The van der Waals surface area contributed by atoms with Gasteiger partial charge in [-0.3, -0.25) is 4.79 Å². The minimum Gasteiger partial charge on any atom is -0.397 e. The molecule has 0 aliphatic carbocycles. The molecule has 0 atom stereocenters. The van der Waals surface area contributed by atoms with Gasteiger partial charge in [-0.05, 0) is 26.0 Å². The first-order valence-corrected chi connectivity index (χ1v) is 5.90. The molecular weight excluding hydrogens is 216 g/mol. The quantitative estimate of drug-likeness (QED) is 0.781. The monoisotopic (exact) mass is 236 g/mol. The zero-order valence-electron chi connectivity index (χ0n) is 10.4. The molecule has 1 rings (SSSR count). The van der Waals surface area contributed by atoms with Crippen molar-refractivity contribution >= 4 is 17.4 Å². The van der Waals surface area contributed by atoms with Crippen LogP contribution < -0.4 is 11.1 Å². The third-order valence-electron chi connectivity index (χ3n) is 2.55. The second-order valence-electron chi connectivity index (χ2n) is 3.72. The highest BCUT2D eigenvalue weighted by Crippen LogP contribution is 2.05. The van der Waals surface area contributed by atoms with Gasteiger partial charge < -0.3 is 16.0 Å². The van der Waals surface area contributed by atoms with Crippen LogP contribution in [0.4, 0.5) is 11.5 Å². The third-order valence-corrected chi connectivity index (χ3v) is 2.55. The van der Waals surface area contributed by atoms with E-state index in [1.807, 2.05) is 18.7 Å². The van der Waals surface area contributed by atoms with Crippen LogP contribution in [0.1, 0.15) is 20.3 Å². The maximum Gasteiger partial charge on any atom is 0.224 e. The normalized spacial score (nSPS) is 10.0. The Morgan fingerprint density at radius 2 is 2.12 bits per heavy atom. The fraction of sp³-hybridized carbons (Fsp3) is 0.500. The first-order valence-electron chi connectivity index (χ1n) is 5.90. The number of pyridine rings is 1. The van der Waals surface area contributed by atoms with E-state index < -0.39 is 0 Å². The molecule has 0 aromatic carbocycles. The topological polar surface area (TPSA) is 71.2 Å². The Morgan fingerprint density at radius 1 is 1.41 bits per heavy atom. The summed E-state index contributed by atoms with van der Waals surface area (Å²) >= 11 is 0. The number of aromatic nitrogens is 1. The summed E-state index contributed by atoms with van der Waals surface area (Å²) in [5.41, 5.74) is 6.16. The lowest BCUT2D eigenvalue weighted by Crippen LogP contribution is -2.31. The van der Waals surface area contributed by atoms with Crippen LogP contribution in [-0.2, 0) is 4.79 Å². The molecule has 5 heteroatoms. The molecule has 0 aliphatic heterocycles. The van der Waals surface area contributed by atoms with Crippen LogP contribution in [0.25, 0.3) is 0 Å². The lowest BCUT2D eigenvalue weighted by molar-refractivity contribution is -0.130. The van der Waals surface area contributed by atoms with Crippen molar-refractivity contribution in [2.24, 2.45) is 0 Å². The van der Waals surface area contributed by atoms with Crippen molar-refractivity contribution in [3.8, 4) is 0 Å². The number of nitrogens with two attached hydrogens (primary N) is 1. The smallest absolute Gasteiger partial charge is 0.224 e. The molecule has 0 radical (unpaired) electrons. The number of carbonyl (C=O) groups excluding carboxylic acids is 1. The molecule has 0 fully saturated rings. The number of nitrogens with zero attached hydrogens (tertiary/aromatic N) is 2. The van der Waals surface area contributed by atoms with E-state index in [0.717, 1.165) is 18.9 Å². The fourth-order valence-corrected chi connectivity index (χ4v) is 1.54. The molecule has 0 spiro atoms. The average molecular weight is 236 g/mol. The van der Waals surface area contributed by atoms with E-state index in [1.54, 1.807) is 18.3 Å². The van der Waals surface area contributed by atoms with Crippen molar-refractivity contribution in [1.82, 2.24) is 9.88 Å². The number of hydrogen-bond donors (Lipinski definition) is 2. The molecule has 1 aromatic heterocycles. The van der Waals surface area contributed by atoms with Crippen molar-refractivity contribution in [1.29, 1.82) is 0 Å². The lowest BCUT2D eigenvalue weighted by Gasteiger charge is -2.18. The van der Waals surface area contributed by atoms with Crippen molar-refractivity contribution in [2.45, 2.75) is 20.3 Å². The van der Waals surface area contributed by atoms with Gasteiger partial charge in [-0.2, -0.15) is 0 Å². The summed E-state index contributed by atoms with van der Waals surface area (Å²) in [6, 6.07) is 3.58. The standard InChI is InChI=1S/C12H20N4O/c1-3-16(4-2)12(17)7-8-14-11-6-5-10(13)9-15-11/h5-6,9H,3-4,7-8,13H2,1-2H3,(H,14,15). The Hall–Kier alpha value is -1.78. The third kappa shape index (κ3) is 4.30. The second-order valence-corrected chi connectivity index (χ2v) is 3.72. The summed E-state index contributed by atoms with van der Waals surface area (Å²) < 4.78 is 0. The molecule has 5 nitrogen and oxygen atoms in total. The zero-order valence-corrected chi connectivity index (χ0v) is 10.4. The molecule has 0 bridgehead atoms. The van der Waals surface area contributed by atoms with Crippen LogP contribution >= 0.6 is 0 Å². The molecular formula is C12H20N4O. The van der Waals surface area contributed by atoms with Gasteiger partial charge in [-0.1, -0.05) is 0 Å². The Morgan fingerprint density at radius 3 is 2.65 bits per heavy atom. The summed E-state index contributed by atoms with van der Waals surface area (Å²) in [7, 11) is 0. The summed E-state index contributed by atoms with van der Waals surface area (Å²) in [6.07, 6.45) is 2.07. The van der Waals surface area contributed by atoms with Gasteiger partial charge >= 0.3 is 0 Å². The van der Waals surface area contributed by atoms with Crippen LogP contribution in [0.3, 0.4) is 0 Å². The van der Waals surface area contributed by atoms with E-state index in [9.17, 15) is 4.79 Å². The predicted octanol–water partition coefficient (Wildman–Crippen LogP) is 1.33. The van der Waals surface area contributed by atoms with Crippen LogP contribution in [0.5, 0.6) is 0 Å². The van der Waals surface area contributed by atoms with Gasteiger partial charge in [0, 0.05) is 26.1 Å². The van der Waals surface area contributed by atoms with Crippen molar-refractivity contribution < 1.29 is 4.79 Å². The maximum atomic E-state index is 11.7. The molecule has 0 unspecified atom stereocenters. The highest BCUT2D eigenvalue weighted by atomic mass is 16.2. The molecule has 1 aromatic rings. The first-order chi connectivity index (χ1) is 8.17. The van der Waals surface area contributed by atoms with Gasteiger partial charge in [-0.15, -0.1) is 0 Å². The van der Waals surface area contributed by atoms with Gasteiger partial charge in [0.05, 0.1) is 11.9 Å². The summed E-state index contributed by atoms with van der Waals surface area (Å²) in [4.78, 5) is 17.6. The van der Waals surface area contributed by atoms with E-state index in [-0.39, 0.29) is 5.91 Å². The van der Waals surface area contributed by atoms with E-state index in [4.69, 9.17) is 5.73 Å². The lowest BCUT2D eigenvalue weighted by atomic mass is 10.3. The molecule has 0 aliphatic rings. The van der Waals surface area contributed by atoms with E-state index in [0.29, 0.717) is 18.7 Å². The van der Waals surface area contributed by atoms with Gasteiger partial charge in [0.2, 0.25) is 5.91 Å². The van der Waals surface area contributed by atoms with E-state index >= 15 is 0 Å². The number of amides is 1. The van der Waals surface area contributed by atoms with Gasteiger partial charge in [0.25, 0.3) is 0 Å².